The van der Waals surface area contributed by atoms with Crippen LogP contribution in [-0.2, 0) is 9.59 Å². The van der Waals surface area contributed by atoms with Crippen LogP contribution in [0.15, 0.2) is 54.6 Å². The summed E-state index contributed by atoms with van der Waals surface area (Å²) in [5.74, 6) is -0.0892. The molecule has 1 heterocycles. The Morgan fingerprint density at radius 2 is 1.87 bits per heavy atom. The second-order valence-corrected chi connectivity index (χ2v) is 7.84. The summed E-state index contributed by atoms with van der Waals surface area (Å²) in [6, 6.07) is 13.3. The minimum atomic E-state index is -1.15. The lowest BCUT2D eigenvalue weighted by molar-refractivity contribution is -0.137. The van der Waals surface area contributed by atoms with Gasteiger partial charge in [0.15, 0.2) is 5.54 Å². The van der Waals surface area contributed by atoms with Crippen LogP contribution in [0.2, 0.25) is 0 Å². The van der Waals surface area contributed by atoms with Gasteiger partial charge in [-0.3, -0.25) is 14.5 Å². The molecule has 0 bridgehead atoms. The zero-order chi connectivity index (χ0) is 21.1. The fraction of sp³-hybridized carbons (Fsp3) is 0.333. The molecule has 1 saturated carbocycles. The summed E-state index contributed by atoms with van der Waals surface area (Å²) in [4.78, 5) is 27.5. The summed E-state index contributed by atoms with van der Waals surface area (Å²) in [7, 11) is 1.59. The standard InChI is InChI=1S/C24H25FN2O3/c1-30-21-9-5-2-6-17(21)14-15-24(23(29)26-19-7-3-4-8-19)16-22(28)27(24)20-12-10-18(25)11-13-20/h2,5-6,9-15,19H,3-4,7-8,16H2,1H3,(H,26,29)/b15-14+/t24-/m0/s1. The molecule has 0 spiro atoms. The molecule has 156 valence electrons. The number of ether oxygens (including phenoxy) is 1. The Bertz CT molecular complexity index is 967. The number of hydrogen-bond acceptors (Lipinski definition) is 3. The maximum absolute atomic E-state index is 13.4. The van der Waals surface area contributed by atoms with Crippen molar-refractivity contribution >= 4 is 23.6 Å². The molecule has 2 aromatic carbocycles. The number of methoxy groups -OCH3 is 1. The van der Waals surface area contributed by atoms with Crippen molar-refractivity contribution in [3.8, 4) is 5.75 Å². The van der Waals surface area contributed by atoms with E-state index >= 15 is 0 Å². The predicted molar refractivity (Wildman–Crippen MR) is 114 cm³/mol. The van der Waals surface area contributed by atoms with Gasteiger partial charge in [0, 0.05) is 17.3 Å². The largest absolute Gasteiger partial charge is 0.496 e. The van der Waals surface area contributed by atoms with Gasteiger partial charge in [0.2, 0.25) is 5.91 Å². The number of benzene rings is 2. The van der Waals surface area contributed by atoms with E-state index in [1.54, 1.807) is 13.2 Å². The van der Waals surface area contributed by atoms with Crippen LogP contribution >= 0.6 is 0 Å². The number of amides is 2. The molecule has 5 nitrogen and oxygen atoms in total. The molecule has 0 unspecified atom stereocenters. The Labute approximate surface area is 175 Å². The lowest BCUT2D eigenvalue weighted by Gasteiger charge is -2.49. The highest BCUT2D eigenvalue weighted by Crippen LogP contribution is 2.40. The first-order valence-corrected chi connectivity index (χ1v) is 10.3. The van der Waals surface area contributed by atoms with Crippen molar-refractivity contribution in [2.24, 2.45) is 0 Å². The number of nitrogens with one attached hydrogen (secondary N) is 1. The molecule has 1 saturated heterocycles. The lowest BCUT2D eigenvalue weighted by Crippen LogP contribution is -2.70. The number of anilines is 1. The summed E-state index contributed by atoms with van der Waals surface area (Å²) in [6.07, 6.45) is 7.72. The molecule has 1 atom stereocenters. The van der Waals surface area contributed by atoms with Gasteiger partial charge < -0.3 is 10.1 Å². The van der Waals surface area contributed by atoms with E-state index in [2.05, 4.69) is 5.32 Å². The van der Waals surface area contributed by atoms with E-state index in [0.717, 1.165) is 31.2 Å². The number of carbonyl (C=O) groups is 2. The van der Waals surface area contributed by atoms with Gasteiger partial charge in [0.25, 0.3) is 5.91 Å². The third-order valence-corrected chi connectivity index (χ3v) is 5.92. The minimum Gasteiger partial charge on any atom is -0.496 e. The summed E-state index contributed by atoms with van der Waals surface area (Å²) in [5, 5.41) is 3.13. The molecule has 2 aromatic rings. The van der Waals surface area contributed by atoms with E-state index in [9.17, 15) is 14.0 Å². The second-order valence-electron chi connectivity index (χ2n) is 7.84. The van der Waals surface area contributed by atoms with E-state index in [4.69, 9.17) is 4.74 Å². The summed E-state index contributed by atoms with van der Waals surface area (Å²) in [5.41, 5.74) is 0.156. The third kappa shape index (κ3) is 3.70. The topological polar surface area (TPSA) is 58.6 Å². The molecule has 1 aliphatic carbocycles. The fourth-order valence-electron chi connectivity index (χ4n) is 4.29. The van der Waals surface area contributed by atoms with Gasteiger partial charge in [-0.2, -0.15) is 0 Å². The number of rotatable bonds is 6. The molecule has 2 amide bonds. The fourth-order valence-corrected chi connectivity index (χ4v) is 4.29. The monoisotopic (exact) mass is 408 g/mol. The highest BCUT2D eigenvalue weighted by Gasteiger charge is 2.56. The number of β-lactam (4-membered cyclic amide) rings is 1. The van der Waals surface area contributed by atoms with Crippen LogP contribution in [0.1, 0.15) is 37.7 Å². The number of halogens is 1. The van der Waals surface area contributed by atoms with Gasteiger partial charge in [-0.05, 0) is 49.2 Å². The average Bonchev–Trinajstić information content (AvgIpc) is 3.25. The highest BCUT2D eigenvalue weighted by atomic mass is 19.1. The second kappa shape index (κ2) is 8.30. The van der Waals surface area contributed by atoms with E-state index < -0.39 is 11.4 Å². The number of hydrogen-bond donors (Lipinski definition) is 1. The number of para-hydroxylation sites is 1. The van der Waals surface area contributed by atoms with Crippen molar-refractivity contribution in [1.29, 1.82) is 0 Å². The summed E-state index contributed by atoms with van der Waals surface area (Å²) >= 11 is 0. The Morgan fingerprint density at radius 3 is 2.53 bits per heavy atom. The normalized spacial score (nSPS) is 21.7. The van der Waals surface area contributed by atoms with Crippen molar-refractivity contribution < 1.29 is 18.7 Å². The molecule has 4 rings (SSSR count). The molecular weight excluding hydrogens is 383 g/mol. The van der Waals surface area contributed by atoms with E-state index in [-0.39, 0.29) is 24.3 Å². The molecule has 0 aromatic heterocycles. The van der Waals surface area contributed by atoms with Gasteiger partial charge in [-0.15, -0.1) is 0 Å². The molecule has 1 aliphatic heterocycles. The van der Waals surface area contributed by atoms with Gasteiger partial charge >= 0.3 is 0 Å². The quantitative estimate of drug-likeness (QED) is 0.733. The van der Waals surface area contributed by atoms with Crippen molar-refractivity contribution in [2.45, 2.75) is 43.7 Å². The Morgan fingerprint density at radius 1 is 1.17 bits per heavy atom. The Balaban J connectivity index is 1.70. The molecule has 0 radical (unpaired) electrons. The van der Waals surface area contributed by atoms with E-state index in [0.29, 0.717) is 11.4 Å². The first-order chi connectivity index (χ1) is 14.5. The molecular formula is C24H25FN2O3. The van der Waals surface area contributed by atoms with Gasteiger partial charge in [-0.25, -0.2) is 4.39 Å². The zero-order valence-corrected chi connectivity index (χ0v) is 16.9. The highest BCUT2D eigenvalue weighted by molar-refractivity contribution is 6.15. The Kier molecular flexibility index (Phi) is 5.57. The molecule has 6 heteroatoms. The van der Waals surface area contributed by atoms with E-state index in [1.165, 1.54) is 29.2 Å². The van der Waals surface area contributed by atoms with Crippen LogP contribution in [0, 0.1) is 5.82 Å². The van der Waals surface area contributed by atoms with Gasteiger partial charge in [0.05, 0.1) is 13.5 Å². The van der Waals surface area contributed by atoms with Crippen LogP contribution in [-0.4, -0.2) is 30.5 Å². The van der Waals surface area contributed by atoms with Crippen LogP contribution < -0.4 is 15.0 Å². The number of carbonyl (C=O) groups excluding carboxylic acids is 2. The minimum absolute atomic E-state index is 0.0641. The van der Waals surface area contributed by atoms with Crippen molar-refractivity contribution in [1.82, 2.24) is 5.32 Å². The van der Waals surface area contributed by atoms with Crippen LogP contribution in [0.3, 0.4) is 0 Å². The Hall–Kier alpha value is -3.15. The summed E-state index contributed by atoms with van der Waals surface area (Å²) < 4.78 is 18.8. The van der Waals surface area contributed by atoms with Gasteiger partial charge in [-0.1, -0.05) is 37.1 Å². The molecule has 2 fully saturated rings. The number of nitrogens with zero attached hydrogens (tertiary/aromatic N) is 1. The van der Waals surface area contributed by atoms with E-state index in [1.807, 2.05) is 30.3 Å². The van der Waals surface area contributed by atoms with Crippen LogP contribution in [0.5, 0.6) is 5.75 Å². The average molecular weight is 408 g/mol. The molecule has 30 heavy (non-hydrogen) atoms. The first-order valence-electron chi connectivity index (χ1n) is 10.3. The van der Waals surface area contributed by atoms with Crippen molar-refractivity contribution in [2.75, 3.05) is 12.0 Å². The summed E-state index contributed by atoms with van der Waals surface area (Å²) in [6.45, 7) is 0. The van der Waals surface area contributed by atoms with Crippen LogP contribution in [0.4, 0.5) is 10.1 Å². The van der Waals surface area contributed by atoms with Crippen molar-refractivity contribution in [3.63, 3.8) is 0 Å². The van der Waals surface area contributed by atoms with Gasteiger partial charge in [0.1, 0.15) is 11.6 Å². The maximum atomic E-state index is 13.4. The first kappa shape index (κ1) is 20.1. The lowest BCUT2D eigenvalue weighted by atomic mass is 9.80. The third-order valence-electron chi connectivity index (χ3n) is 5.92. The SMILES string of the molecule is COc1ccccc1/C=C/[C@@]1(C(=O)NC2CCCC2)CC(=O)N1c1ccc(F)cc1. The smallest absolute Gasteiger partial charge is 0.251 e. The van der Waals surface area contributed by atoms with Crippen molar-refractivity contribution in [3.05, 3.63) is 66.0 Å². The maximum Gasteiger partial charge on any atom is 0.251 e. The zero-order valence-electron chi connectivity index (χ0n) is 16.9. The van der Waals surface area contributed by atoms with Crippen LogP contribution in [0.25, 0.3) is 6.08 Å². The molecule has 1 N–H and O–H groups in total. The predicted octanol–water partition coefficient (Wildman–Crippen LogP) is 4.08. The molecule has 2 aliphatic rings.